The van der Waals surface area contributed by atoms with Gasteiger partial charge in [-0.05, 0) is 12.5 Å². The summed E-state index contributed by atoms with van der Waals surface area (Å²) < 4.78 is 0. The summed E-state index contributed by atoms with van der Waals surface area (Å²) in [5.74, 6) is 0.0647. The number of rotatable bonds is 5. The van der Waals surface area contributed by atoms with E-state index in [-0.39, 0.29) is 12.5 Å². The molecular formula is C11H14O3S. The lowest BCUT2D eigenvalue weighted by molar-refractivity contribution is -0.297. The Bertz CT molecular complexity index is 300. The largest absolute Gasteiger partial charge is 0.343 e. The van der Waals surface area contributed by atoms with E-state index in [1.54, 1.807) is 0 Å². The highest BCUT2D eigenvalue weighted by molar-refractivity contribution is 7.80. The summed E-state index contributed by atoms with van der Waals surface area (Å²) in [7, 11) is 0. The van der Waals surface area contributed by atoms with Crippen molar-refractivity contribution in [2.45, 2.75) is 19.4 Å². The van der Waals surface area contributed by atoms with Crippen molar-refractivity contribution < 1.29 is 14.6 Å². The molecule has 0 fully saturated rings. The molecule has 0 aliphatic rings. The van der Waals surface area contributed by atoms with Crippen LogP contribution in [0, 0.1) is 0 Å². The minimum atomic E-state index is -0.396. The van der Waals surface area contributed by atoms with Gasteiger partial charge in [0.25, 0.3) is 0 Å². The molecule has 0 aromatic heterocycles. The molecule has 1 unspecified atom stereocenters. The molecule has 4 heteroatoms. The van der Waals surface area contributed by atoms with Crippen LogP contribution >= 0.6 is 12.6 Å². The summed E-state index contributed by atoms with van der Waals surface area (Å²) in [6.07, 6.45) is 0.0000168. The lowest BCUT2D eigenvalue weighted by atomic mass is 10.1. The van der Waals surface area contributed by atoms with Gasteiger partial charge < -0.3 is 0 Å². The van der Waals surface area contributed by atoms with E-state index in [9.17, 15) is 4.79 Å². The van der Waals surface area contributed by atoms with Crippen LogP contribution in [0.1, 0.15) is 25.0 Å². The van der Waals surface area contributed by atoms with Gasteiger partial charge in [0, 0.05) is 5.75 Å². The molecule has 82 valence electrons. The van der Waals surface area contributed by atoms with Crippen molar-refractivity contribution >= 4 is 18.6 Å². The summed E-state index contributed by atoms with van der Waals surface area (Å²) in [5.41, 5.74) is 0.969. The minimum absolute atomic E-state index is 0.255. The molecule has 0 aliphatic heterocycles. The van der Waals surface area contributed by atoms with Crippen LogP contribution < -0.4 is 0 Å². The number of thiol groups is 1. The van der Waals surface area contributed by atoms with Gasteiger partial charge in [-0.2, -0.15) is 17.5 Å². The van der Waals surface area contributed by atoms with E-state index < -0.39 is 5.97 Å². The predicted octanol–water partition coefficient (Wildman–Crippen LogP) is 2.54. The molecule has 1 aromatic rings. The Morgan fingerprint density at radius 2 is 2.07 bits per heavy atom. The van der Waals surface area contributed by atoms with Crippen LogP contribution in [0.15, 0.2) is 30.3 Å². The maximum Gasteiger partial charge on any atom is 0.343 e. The number of hydrogen-bond acceptors (Lipinski definition) is 4. The molecule has 0 N–H and O–H groups in total. The molecule has 1 atom stereocenters. The predicted molar refractivity (Wildman–Crippen MR) is 60.5 cm³/mol. The molecular weight excluding hydrogens is 212 g/mol. The molecule has 0 saturated carbocycles. The second-order valence-electron chi connectivity index (χ2n) is 3.08. The van der Waals surface area contributed by atoms with Crippen molar-refractivity contribution in [1.29, 1.82) is 0 Å². The number of benzene rings is 1. The number of carbonyl (C=O) groups excluding carboxylic acids is 1. The van der Waals surface area contributed by atoms with Gasteiger partial charge >= 0.3 is 5.97 Å². The molecule has 0 aliphatic carbocycles. The average molecular weight is 226 g/mol. The molecule has 1 aromatic carbocycles. The van der Waals surface area contributed by atoms with Gasteiger partial charge in [0.1, 0.15) is 6.10 Å². The van der Waals surface area contributed by atoms with Crippen LogP contribution in [-0.4, -0.2) is 11.7 Å². The monoisotopic (exact) mass is 226 g/mol. The summed E-state index contributed by atoms with van der Waals surface area (Å²) in [6.45, 7) is 1.82. The molecule has 0 bridgehead atoms. The zero-order chi connectivity index (χ0) is 11.1. The third-order valence-corrected chi connectivity index (χ3v) is 2.09. The first-order chi connectivity index (χ1) is 7.24. The first-order valence-electron chi connectivity index (χ1n) is 4.76. The highest BCUT2D eigenvalue weighted by Gasteiger charge is 2.09. The van der Waals surface area contributed by atoms with Gasteiger partial charge in [0.2, 0.25) is 0 Å². The maximum atomic E-state index is 11.0. The van der Waals surface area contributed by atoms with E-state index in [0.29, 0.717) is 5.75 Å². The van der Waals surface area contributed by atoms with Crippen molar-refractivity contribution in [1.82, 2.24) is 0 Å². The SMILES string of the molecule is CC(OOC(=O)CCS)c1ccccc1. The molecule has 0 radical (unpaired) electrons. The quantitative estimate of drug-likeness (QED) is 0.476. The van der Waals surface area contributed by atoms with Crippen LogP contribution in [0.5, 0.6) is 0 Å². The fraction of sp³-hybridized carbons (Fsp3) is 0.364. The summed E-state index contributed by atoms with van der Waals surface area (Å²) in [5, 5.41) is 0. The molecule has 15 heavy (non-hydrogen) atoms. The second kappa shape index (κ2) is 6.48. The van der Waals surface area contributed by atoms with E-state index in [0.717, 1.165) is 5.56 Å². The van der Waals surface area contributed by atoms with Gasteiger partial charge in [0.15, 0.2) is 0 Å². The fourth-order valence-corrected chi connectivity index (χ4v) is 1.22. The fourth-order valence-electron chi connectivity index (χ4n) is 1.04. The summed E-state index contributed by atoms with van der Waals surface area (Å²) >= 11 is 3.92. The van der Waals surface area contributed by atoms with E-state index in [1.807, 2.05) is 37.3 Å². The van der Waals surface area contributed by atoms with Crippen LogP contribution in [-0.2, 0) is 14.6 Å². The third-order valence-electron chi connectivity index (χ3n) is 1.87. The Balaban J connectivity index is 2.37. The Morgan fingerprint density at radius 3 is 2.67 bits per heavy atom. The van der Waals surface area contributed by atoms with Crippen LogP contribution in [0.2, 0.25) is 0 Å². The summed E-state index contributed by atoms with van der Waals surface area (Å²) in [4.78, 5) is 20.6. The first kappa shape index (κ1) is 12.1. The van der Waals surface area contributed by atoms with E-state index >= 15 is 0 Å². The maximum absolute atomic E-state index is 11.0. The van der Waals surface area contributed by atoms with E-state index in [1.165, 1.54) is 0 Å². The normalized spacial score (nSPS) is 12.1. The van der Waals surface area contributed by atoms with E-state index in [2.05, 4.69) is 17.5 Å². The smallest absolute Gasteiger partial charge is 0.298 e. The van der Waals surface area contributed by atoms with Crippen LogP contribution in [0.25, 0.3) is 0 Å². The van der Waals surface area contributed by atoms with Gasteiger partial charge in [-0.15, -0.1) is 0 Å². The molecule has 0 heterocycles. The molecule has 0 spiro atoms. The Labute approximate surface area is 94.7 Å². The average Bonchev–Trinajstić information content (AvgIpc) is 2.27. The van der Waals surface area contributed by atoms with Crippen molar-refractivity contribution in [3.63, 3.8) is 0 Å². The van der Waals surface area contributed by atoms with Crippen LogP contribution in [0.3, 0.4) is 0 Å². The lowest BCUT2D eigenvalue weighted by Crippen LogP contribution is -2.08. The summed E-state index contributed by atoms with van der Waals surface area (Å²) in [6, 6.07) is 9.56. The first-order valence-corrected chi connectivity index (χ1v) is 5.39. The number of hydrogen-bond donors (Lipinski definition) is 1. The molecule has 3 nitrogen and oxygen atoms in total. The van der Waals surface area contributed by atoms with Crippen molar-refractivity contribution in [2.24, 2.45) is 0 Å². The topological polar surface area (TPSA) is 35.5 Å². The Morgan fingerprint density at radius 1 is 1.40 bits per heavy atom. The highest BCUT2D eigenvalue weighted by Crippen LogP contribution is 2.16. The zero-order valence-electron chi connectivity index (χ0n) is 8.55. The Kier molecular flexibility index (Phi) is 5.21. The van der Waals surface area contributed by atoms with Crippen molar-refractivity contribution in [3.8, 4) is 0 Å². The minimum Gasteiger partial charge on any atom is -0.298 e. The van der Waals surface area contributed by atoms with Crippen molar-refractivity contribution in [3.05, 3.63) is 35.9 Å². The van der Waals surface area contributed by atoms with Crippen molar-refractivity contribution in [2.75, 3.05) is 5.75 Å². The lowest BCUT2D eigenvalue weighted by Gasteiger charge is -2.10. The molecule has 0 amide bonds. The van der Waals surface area contributed by atoms with Gasteiger partial charge in [-0.3, -0.25) is 4.89 Å². The van der Waals surface area contributed by atoms with Gasteiger partial charge in [0.05, 0.1) is 6.42 Å². The molecule has 1 rings (SSSR count). The second-order valence-corrected chi connectivity index (χ2v) is 3.53. The third kappa shape index (κ3) is 4.36. The standard InChI is InChI=1S/C11H14O3S/c1-9(10-5-3-2-4-6-10)13-14-11(12)7-8-15/h2-6,9,15H,7-8H2,1H3. The number of carbonyl (C=O) groups is 1. The molecule has 0 saturated heterocycles. The highest BCUT2D eigenvalue weighted by atomic mass is 32.1. The van der Waals surface area contributed by atoms with Crippen LogP contribution in [0.4, 0.5) is 0 Å². The van der Waals surface area contributed by atoms with E-state index in [4.69, 9.17) is 4.89 Å². The van der Waals surface area contributed by atoms with Gasteiger partial charge in [-0.25, -0.2) is 4.79 Å². The zero-order valence-corrected chi connectivity index (χ0v) is 9.44. The van der Waals surface area contributed by atoms with Gasteiger partial charge in [-0.1, -0.05) is 30.3 Å². The Hall–Kier alpha value is -1.00.